The molecule has 23 heavy (non-hydrogen) atoms. The lowest BCUT2D eigenvalue weighted by molar-refractivity contribution is -0.113. The van der Waals surface area contributed by atoms with E-state index >= 15 is 0 Å². The minimum atomic E-state index is -0.0774. The average molecular weight is 344 g/mol. The van der Waals surface area contributed by atoms with Gasteiger partial charge in [-0.05, 0) is 26.0 Å². The highest BCUT2D eigenvalue weighted by molar-refractivity contribution is 7.99. The van der Waals surface area contributed by atoms with Crippen LogP contribution in [-0.2, 0) is 4.79 Å². The molecule has 1 aromatic carbocycles. The first-order valence-corrected chi connectivity index (χ1v) is 8.89. The van der Waals surface area contributed by atoms with Crippen molar-refractivity contribution < 1.29 is 4.79 Å². The normalized spacial score (nSPS) is 10.7. The molecule has 0 saturated carbocycles. The number of carbonyl (C=O) groups excluding carboxylic acids is 1. The molecule has 3 rings (SSSR count). The first kappa shape index (κ1) is 15.8. The third-order valence-corrected chi connectivity index (χ3v) is 5.20. The number of nitrogens with zero attached hydrogens (tertiary/aromatic N) is 3. The predicted molar refractivity (Wildman–Crippen MR) is 94.5 cm³/mol. The van der Waals surface area contributed by atoms with Crippen LogP contribution in [0.1, 0.15) is 10.6 Å². The van der Waals surface area contributed by atoms with E-state index in [0.29, 0.717) is 10.9 Å². The molecule has 3 aromatic rings. The SMILES string of the molecule is Cc1nc(NC(=O)CSc2nccn2-c2ccccc2)sc1C. The quantitative estimate of drug-likeness (QED) is 0.717. The van der Waals surface area contributed by atoms with Crippen LogP contribution in [0, 0.1) is 13.8 Å². The summed E-state index contributed by atoms with van der Waals surface area (Å²) in [6.07, 6.45) is 3.63. The van der Waals surface area contributed by atoms with Gasteiger partial charge in [0.25, 0.3) is 0 Å². The van der Waals surface area contributed by atoms with Gasteiger partial charge in [-0.3, -0.25) is 9.36 Å². The Morgan fingerprint density at radius 3 is 2.78 bits per heavy atom. The maximum Gasteiger partial charge on any atom is 0.236 e. The van der Waals surface area contributed by atoms with Crippen molar-refractivity contribution in [3.05, 3.63) is 53.3 Å². The minimum Gasteiger partial charge on any atom is -0.301 e. The molecule has 0 spiro atoms. The Morgan fingerprint density at radius 1 is 1.30 bits per heavy atom. The number of thiazole rings is 1. The van der Waals surface area contributed by atoms with Crippen LogP contribution >= 0.6 is 23.1 Å². The topological polar surface area (TPSA) is 59.8 Å². The van der Waals surface area contributed by atoms with E-state index in [1.54, 1.807) is 6.20 Å². The van der Waals surface area contributed by atoms with Crippen LogP contribution in [0.4, 0.5) is 5.13 Å². The molecule has 0 bridgehead atoms. The first-order valence-electron chi connectivity index (χ1n) is 7.09. The number of hydrogen-bond acceptors (Lipinski definition) is 5. The summed E-state index contributed by atoms with van der Waals surface area (Å²) in [5.74, 6) is 0.216. The van der Waals surface area contributed by atoms with Crippen LogP contribution in [0.25, 0.3) is 5.69 Å². The molecule has 0 aliphatic carbocycles. The van der Waals surface area contributed by atoms with Crippen LogP contribution in [0.2, 0.25) is 0 Å². The third kappa shape index (κ3) is 3.80. The van der Waals surface area contributed by atoms with Crippen molar-refractivity contribution in [1.29, 1.82) is 0 Å². The fourth-order valence-corrected chi connectivity index (χ4v) is 3.60. The highest BCUT2D eigenvalue weighted by Gasteiger charge is 2.11. The van der Waals surface area contributed by atoms with Crippen molar-refractivity contribution in [2.45, 2.75) is 19.0 Å². The van der Waals surface area contributed by atoms with Crippen LogP contribution in [0.5, 0.6) is 0 Å². The van der Waals surface area contributed by atoms with E-state index < -0.39 is 0 Å². The number of benzene rings is 1. The zero-order chi connectivity index (χ0) is 16.2. The second kappa shape index (κ2) is 6.97. The minimum absolute atomic E-state index is 0.0774. The zero-order valence-corrected chi connectivity index (χ0v) is 14.4. The molecule has 0 atom stereocenters. The van der Waals surface area contributed by atoms with Crippen molar-refractivity contribution in [1.82, 2.24) is 14.5 Å². The van der Waals surface area contributed by atoms with Crippen LogP contribution in [0.15, 0.2) is 47.9 Å². The van der Waals surface area contributed by atoms with Crippen molar-refractivity contribution in [3.8, 4) is 5.69 Å². The molecule has 0 unspecified atom stereocenters. The molecule has 0 fully saturated rings. The van der Waals surface area contributed by atoms with Gasteiger partial charge in [-0.15, -0.1) is 11.3 Å². The Hall–Kier alpha value is -2.12. The molecule has 0 aliphatic rings. The number of carbonyl (C=O) groups is 1. The second-order valence-electron chi connectivity index (χ2n) is 4.91. The first-order chi connectivity index (χ1) is 11.1. The molecule has 0 saturated heterocycles. The summed E-state index contributed by atoms with van der Waals surface area (Å²) >= 11 is 2.90. The molecular formula is C16H16N4OS2. The van der Waals surface area contributed by atoms with E-state index in [4.69, 9.17) is 0 Å². The van der Waals surface area contributed by atoms with Gasteiger partial charge in [0.05, 0.1) is 11.4 Å². The van der Waals surface area contributed by atoms with E-state index in [2.05, 4.69) is 15.3 Å². The third-order valence-electron chi connectivity index (χ3n) is 3.25. The molecule has 1 amide bonds. The summed E-state index contributed by atoms with van der Waals surface area (Å²) in [4.78, 5) is 21.8. The number of anilines is 1. The van der Waals surface area contributed by atoms with Gasteiger partial charge >= 0.3 is 0 Å². The fourth-order valence-electron chi connectivity index (χ4n) is 1.99. The summed E-state index contributed by atoms with van der Waals surface area (Å²) < 4.78 is 1.97. The van der Waals surface area contributed by atoms with Gasteiger partial charge in [-0.1, -0.05) is 30.0 Å². The number of rotatable bonds is 5. The van der Waals surface area contributed by atoms with Crippen molar-refractivity contribution in [2.75, 3.05) is 11.1 Å². The Morgan fingerprint density at radius 2 is 2.09 bits per heavy atom. The number of imidazole rings is 1. The Kier molecular flexibility index (Phi) is 4.78. The Bertz CT molecular complexity index is 791. The van der Waals surface area contributed by atoms with E-state index in [-0.39, 0.29) is 5.91 Å². The van der Waals surface area contributed by atoms with Crippen LogP contribution < -0.4 is 5.32 Å². The highest BCUT2D eigenvalue weighted by atomic mass is 32.2. The summed E-state index contributed by atoms with van der Waals surface area (Å²) in [6, 6.07) is 9.94. The maximum atomic E-state index is 12.1. The van der Waals surface area contributed by atoms with Gasteiger partial charge < -0.3 is 5.32 Å². The fraction of sp³-hybridized carbons (Fsp3) is 0.188. The van der Waals surface area contributed by atoms with E-state index in [1.807, 2.05) is 54.9 Å². The lowest BCUT2D eigenvalue weighted by atomic mass is 10.3. The van der Waals surface area contributed by atoms with Crippen LogP contribution in [0.3, 0.4) is 0 Å². The predicted octanol–water partition coefficient (Wildman–Crippen LogP) is 3.68. The maximum absolute atomic E-state index is 12.1. The number of thioether (sulfide) groups is 1. The molecule has 118 valence electrons. The number of aromatic nitrogens is 3. The van der Waals surface area contributed by atoms with Crippen molar-refractivity contribution >= 4 is 34.1 Å². The number of aryl methyl sites for hydroxylation is 2. The molecule has 2 aromatic heterocycles. The van der Waals surface area contributed by atoms with E-state index in [9.17, 15) is 4.79 Å². The molecule has 0 aliphatic heterocycles. The molecule has 0 radical (unpaired) electrons. The standard InChI is InChI=1S/C16H16N4OS2/c1-11-12(2)23-15(18-11)19-14(21)10-22-16-17-8-9-20(16)13-6-4-3-5-7-13/h3-9H,10H2,1-2H3,(H,18,19,21). The molecule has 7 heteroatoms. The van der Waals surface area contributed by atoms with Gasteiger partial charge in [0.15, 0.2) is 10.3 Å². The summed E-state index contributed by atoms with van der Waals surface area (Å²) in [6.45, 7) is 3.93. The van der Waals surface area contributed by atoms with E-state index in [1.165, 1.54) is 23.1 Å². The molecule has 1 N–H and O–H groups in total. The summed E-state index contributed by atoms with van der Waals surface area (Å²) in [7, 11) is 0. The van der Waals surface area contributed by atoms with Gasteiger partial charge in [0.2, 0.25) is 5.91 Å². The number of para-hydroxylation sites is 1. The lowest BCUT2D eigenvalue weighted by Crippen LogP contribution is -2.14. The Balaban J connectivity index is 1.63. The number of amides is 1. The average Bonchev–Trinajstić information content (AvgIpc) is 3.13. The van der Waals surface area contributed by atoms with Gasteiger partial charge in [-0.2, -0.15) is 0 Å². The van der Waals surface area contributed by atoms with Gasteiger partial charge in [0, 0.05) is 23.0 Å². The molecule has 5 nitrogen and oxygen atoms in total. The molecular weight excluding hydrogens is 328 g/mol. The van der Waals surface area contributed by atoms with E-state index in [0.717, 1.165) is 21.4 Å². The van der Waals surface area contributed by atoms with Crippen LogP contribution in [-0.4, -0.2) is 26.2 Å². The highest BCUT2D eigenvalue weighted by Crippen LogP contribution is 2.23. The summed E-state index contributed by atoms with van der Waals surface area (Å²) in [5.41, 5.74) is 1.98. The summed E-state index contributed by atoms with van der Waals surface area (Å²) in [5, 5.41) is 4.28. The largest absolute Gasteiger partial charge is 0.301 e. The Labute approximate surface area is 142 Å². The van der Waals surface area contributed by atoms with Crippen molar-refractivity contribution in [3.63, 3.8) is 0 Å². The smallest absolute Gasteiger partial charge is 0.236 e. The molecule has 2 heterocycles. The van der Waals surface area contributed by atoms with Gasteiger partial charge in [-0.25, -0.2) is 9.97 Å². The zero-order valence-electron chi connectivity index (χ0n) is 12.8. The van der Waals surface area contributed by atoms with Gasteiger partial charge in [0.1, 0.15) is 0 Å². The lowest BCUT2D eigenvalue weighted by Gasteiger charge is -2.07. The monoisotopic (exact) mass is 344 g/mol. The number of hydrogen-bond donors (Lipinski definition) is 1. The second-order valence-corrected chi connectivity index (χ2v) is 7.06. The van der Waals surface area contributed by atoms with Crippen molar-refractivity contribution in [2.24, 2.45) is 0 Å². The number of nitrogens with one attached hydrogen (secondary N) is 1.